The SMILES string of the molecule is O=C(CCCc1cccs1)NCC1CCCCC1CBr. The fourth-order valence-electron chi connectivity index (χ4n) is 2.97. The molecule has 0 saturated heterocycles. The van der Waals surface area contributed by atoms with Gasteiger partial charge in [0.1, 0.15) is 0 Å². The van der Waals surface area contributed by atoms with E-state index in [1.54, 1.807) is 11.3 Å². The summed E-state index contributed by atoms with van der Waals surface area (Å²) in [5, 5.41) is 6.31. The molecule has 1 N–H and O–H groups in total. The first-order chi connectivity index (χ1) is 9.79. The smallest absolute Gasteiger partial charge is 0.220 e. The molecule has 1 aromatic rings. The number of thiophene rings is 1. The maximum atomic E-state index is 11.9. The molecule has 1 aromatic heterocycles. The van der Waals surface area contributed by atoms with E-state index in [4.69, 9.17) is 0 Å². The molecular formula is C16H24BrNOS. The molecule has 0 aliphatic heterocycles. The van der Waals surface area contributed by atoms with E-state index >= 15 is 0 Å². The van der Waals surface area contributed by atoms with Gasteiger partial charge in [-0.1, -0.05) is 34.8 Å². The maximum absolute atomic E-state index is 11.9. The molecule has 1 saturated carbocycles. The Labute approximate surface area is 134 Å². The van der Waals surface area contributed by atoms with Gasteiger partial charge in [-0.3, -0.25) is 4.79 Å². The number of nitrogens with one attached hydrogen (secondary N) is 1. The van der Waals surface area contributed by atoms with Crippen molar-refractivity contribution in [3.63, 3.8) is 0 Å². The largest absolute Gasteiger partial charge is 0.356 e. The van der Waals surface area contributed by atoms with Gasteiger partial charge < -0.3 is 5.32 Å². The van der Waals surface area contributed by atoms with Crippen molar-refractivity contribution in [3.05, 3.63) is 22.4 Å². The lowest BCUT2D eigenvalue weighted by Gasteiger charge is -2.30. The summed E-state index contributed by atoms with van der Waals surface area (Å²) in [6.07, 6.45) is 7.89. The van der Waals surface area contributed by atoms with Crippen molar-refractivity contribution in [3.8, 4) is 0 Å². The summed E-state index contributed by atoms with van der Waals surface area (Å²) in [4.78, 5) is 13.3. The summed E-state index contributed by atoms with van der Waals surface area (Å²) in [6, 6.07) is 4.22. The van der Waals surface area contributed by atoms with Crippen molar-refractivity contribution in [1.82, 2.24) is 5.32 Å². The molecule has 1 fully saturated rings. The van der Waals surface area contributed by atoms with Gasteiger partial charge in [-0.2, -0.15) is 0 Å². The molecule has 1 aliphatic carbocycles. The van der Waals surface area contributed by atoms with Gasteiger partial charge in [0.25, 0.3) is 0 Å². The average Bonchev–Trinajstić information content (AvgIpc) is 2.98. The lowest BCUT2D eigenvalue weighted by atomic mass is 9.80. The molecule has 20 heavy (non-hydrogen) atoms. The van der Waals surface area contributed by atoms with E-state index in [-0.39, 0.29) is 5.91 Å². The molecule has 2 unspecified atom stereocenters. The number of alkyl halides is 1. The van der Waals surface area contributed by atoms with Crippen LogP contribution >= 0.6 is 27.3 Å². The molecule has 2 nitrogen and oxygen atoms in total. The highest BCUT2D eigenvalue weighted by Gasteiger charge is 2.24. The maximum Gasteiger partial charge on any atom is 0.220 e. The van der Waals surface area contributed by atoms with Gasteiger partial charge in [0, 0.05) is 23.2 Å². The highest BCUT2D eigenvalue weighted by Crippen LogP contribution is 2.30. The third kappa shape index (κ3) is 5.21. The number of hydrogen-bond donors (Lipinski definition) is 1. The number of hydrogen-bond acceptors (Lipinski definition) is 2. The van der Waals surface area contributed by atoms with Crippen LogP contribution in [-0.2, 0) is 11.2 Å². The summed E-state index contributed by atoms with van der Waals surface area (Å²) in [5.74, 6) is 1.64. The van der Waals surface area contributed by atoms with Crippen molar-refractivity contribution in [1.29, 1.82) is 0 Å². The number of carbonyl (C=O) groups excluding carboxylic acids is 1. The van der Waals surface area contributed by atoms with E-state index in [1.165, 1.54) is 30.6 Å². The minimum atomic E-state index is 0.223. The van der Waals surface area contributed by atoms with Gasteiger partial charge in [-0.15, -0.1) is 11.3 Å². The Balaban J connectivity index is 1.61. The lowest BCUT2D eigenvalue weighted by molar-refractivity contribution is -0.121. The van der Waals surface area contributed by atoms with E-state index < -0.39 is 0 Å². The minimum absolute atomic E-state index is 0.223. The highest BCUT2D eigenvalue weighted by atomic mass is 79.9. The second-order valence-electron chi connectivity index (χ2n) is 5.70. The number of rotatable bonds is 7. The van der Waals surface area contributed by atoms with Crippen LogP contribution in [0.25, 0.3) is 0 Å². The molecular weight excluding hydrogens is 334 g/mol. The van der Waals surface area contributed by atoms with Gasteiger partial charge in [0.2, 0.25) is 5.91 Å². The first kappa shape index (κ1) is 16.0. The number of amides is 1. The minimum Gasteiger partial charge on any atom is -0.356 e. The summed E-state index contributed by atoms with van der Waals surface area (Å²) in [5.41, 5.74) is 0. The Hall–Kier alpha value is -0.350. The van der Waals surface area contributed by atoms with E-state index in [2.05, 4.69) is 38.8 Å². The van der Waals surface area contributed by atoms with Crippen molar-refractivity contribution >= 4 is 33.2 Å². The Morgan fingerprint density at radius 3 is 2.85 bits per heavy atom. The Morgan fingerprint density at radius 2 is 2.15 bits per heavy atom. The molecule has 1 heterocycles. The summed E-state index contributed by atoms with van der Waals surface area (Å²) < 4.78 is 0. The molecule has 2 rings (SSSR count). The fourth-order valence-corrected chi connectivity index (χ4v) is 4.57. The number of halogens is 1. The normalized spacial score (nSPS) is 22.6. The van der Waals surface area contributed by atoms with E-state index in [9.17, 15) is 4.79 Å². The zero-order chi connectivity index (χ0) is 14.2. The topological polar surface area (TPSA) is 29.1 Å². The van der Waals surface area contributed by atoms with Gasteiger partial charge in [0.15, 0.2) is 0 Å². The zero-order valence-electron chi connectivity index (χ0n) is 11.9. The quantitative estimate of drug-likeness (QED) is 0.720. The molecule has 2 atom stereocenters. The predicted octanol–water partition coefficient (Wildman–Crippen LogP) is 4.39. The second kappa shape index (κ2) is 8.83. The third-order valence-electron chi connectivity index (χ3n) is 4.23. The van der Waals surface area contributed by atoms with Crippen LogP contribution in [0.2, 0.25) is 0 Å². The molecule has 1 amide bonds. The molecule has 4 heteroatoms. The fraction of sp³-hybridized carbons (Fsp3) is 0.688. The Morgan fingerprint density at radius 1 is 1.35 bits per heavy atom. The highest BCUT2D eigenvalue weighted by molar-refractivity contribution is 9.09. The molecule has 0 aromatic carbocycles. The first-order valence-electron chi connectivity index (χ1n) is 7.64. The first-order valence-corrected chi connectivity index (χ1v) is 9.64. The summed E-state index contributed by atoms with van der Waals surface area (Å²) in [6.45, 7) is 0.869. The van der Waals surface area contributed by atoms with Crippen LogP contribution in [0.5, 0.6) is 0 Å². The summed E-state index contributed by atoms with van der Waals surface area (Å²) in [7, 11) is 0. The van der Waals surface area contributed by atoms with Crippen LogP contribution in [0.15, 0.2) is 17.5 Å². The van der Waals surface area contributed by atoms with Crippen molar-refractivity contribution in [2.45, 2.75) is 44.9 Å². The van der Waals surface area contributed by atoms with Crippen molar-refractivity contribution < 1.29 is 4.79 Å². The Kier molecular flexibility index (Phi) is 7.08. The summed E-state index contributed by atoms with van der Waals surface area (Å²) >= 11 is 5.39. The van der Waals surface area contributed by atoms with Crippen LogP contribution in [-0.4, -0.2) is 17.8 Å². The molecule has 0 spiro atoms. The van der Waals surface area contributed by atoms with Gasteiger partial charge in [-0.25, -0.2) is 0 Å². The van der Waals surface area contributed by atoms with E-state index in [0.29, 0.717) is 12.3 Å². The number of aryl methyl sites for hydroxylation is 1. The zero-order valence-corrected chi connectivity index (χ0v) is 14.3. The lowest BCUT2D eigenvalue weighted by Crippen LogP contribution is -2.34. The van der Waals surface area contributed by atoms with Crippen molar-refractivity contribution in [2.24, 2.45) is 11.8 Å². The molecule has 1 aliphatic rings. The molecule has 112 valence electrons. The third-order valence-corrected chi connectivity index (χ3v) is 6.00. The monoisotopic (exact) mass is 357 g/mol. The van der Waals surface area contributed by atoms with Gasteiger partial charge in [-0.05, 0) is 49.0 Å². The second-order valence-corrected chi connectivity index (χ2v) is 7.38. The van der Waals surface area contributed by atoms with Crippen LogP contribution in [0.4, 0.5) is 0 Å². The van der Waals surface area contributed by atoms with Crippen LogP contribution < -0.4 is 5.32 Å². The predicted molar refractivity (Wildman–Crippen MR) is 89.5 cm³/mol. The van der Waals surface area contributed by atoms with Gasteiger partial charge >= 0.3 is 0 Å². The Bertz CT molecular complexity index is 393. The van der Waals surface area contributed by atoms with Gasteiger partial charge in [0.05, 0.1) is 0 Å². The molecule has 0 radical (unpaired) electrons. The van der Waals surface area contributed by atoms with E-state index in [0.717, 1.165) is 30.6 Å². The molecule has 0 bridgehead atoms. The van der Waals surface area contributed by atoms with Crippen LogP contribution in [0.1, 0.15) is 43.4 Å². The average molecular weight is 358 g/mol. The standard InChI is InChI=1S/C16H24BrNOS/c17-11-13-5-1-2-6-14(13)12-18-16(19)9-3-7-15-8-4-10-20-15/h4,8,10,13-14H,1-3,5-7,9,11-12H2,(H,18,19). The number of carbonyl (C=O) groups is 1. The van der Waals surface area contributed by atoms with Crippen LogP contribution in [0.3, 0.4) is 0 Å². The van der Waals surface area contributed by atoms with Crippen LogP contribution in [0, 0.1) is 11.8 Å². The van der Waals surface area contributed by atoms with E-state index in [1.807, 2.05) is 0 Å². The van der Waals surface area contributed by atoms with Crippen molar-refractivity contribution in [2.75, 3.05) is 11.9 Å².